The fourth-order valence-electron chi connectivity index (χ4n) is 6.23. The van der Waals surface area contributed by atoms with Crippen LogP contribution in [-0.4, -0.2) is 5.71 Å². The molecule has 0 amide bonds. The molecule has 43 heavy (non-hydrogen) atoms. The van der Waals surface area contributed by atoms with E-state index in [4.69, 9.17) is 14.5 Å². The van der Waals surface area contributed by atoms with Gasteiger partial charge in [0.05, 0.1) is 17.1 Å². The molecule has 9 rings (SSSR count). The summed E-state index contributed by atoms with van der Waals surface area (Å²) in [7, 11) is 0. The number of ether oxygens (including phenoxy) is 2. The molecule has 6 aromatic rings. The van der Waals surface area contributed by atoms with Gasteiger partial charge in [-0.2, -0.15) is 0 Å². The van der Waals surface area contributed by atoms with E-state index in [0.29, 0.717) is 0 Å². The lowest BCUT2D eigenvalue weighted by Gasteiger charge is -2.39. The van der Waals surface area contributed by atoms with E-state index < -0.39 is 0 Å². The number of fused-ring (bicyclic) bond motifs is 5. The molecular weight excluding hydrogens is 530 g/mol. The topological polar surface area (TPSA) is 46.1 Å². The third-order valence-electron chi connectivity index (χ3n) is 8.24. The van der Waals surface area contributed by atoms with Crippen LogP contribution in [0.4, 0.5) is 17.1 Å². The molecule has 0 spiro atoms. The summed E-state index contributed by atoms with van der Waals surface area (Å²) in [5.41, 5.74) is 7.90. The summed E-state index contributed by atoms with van der Waals surface area (Å²) >= 11 is 0. The van der Waals surface area contributed by atoms with Gasteiger partial charge in [-0.1, -0.05) is 103 Å². The van der Waals surface area contributed by atoms with Crippen LogP contribution in [0.25, 0.3) is 16.5 Å². The minimum atomic E-state index is -0.368. The normalized spacial score (nSPS) is 16.0. The van der Waals surface area contributed by atoms with Gasteiger partial charge in [0.1, 0.15) is 11.9 Å². The van der Waals surface area contributed by atoms with E-state index in [9.17, 15) is 0 Å². The Morgan fingerprint density at radius 2 is 1.26 bits per heavy atom. The SMILES string of the molecule is C1=C(c2ccccc2)NC(c2cccc3c2Oc2cccc4c2N3c2cc3ccccc3cc2O4)N=C1c1ccccc1. The van der Waals surface area contributed by atoms with E-state index in [2.05, 4.69) is 107 Å². The van der Waals surface area contributed by atoms with Gasteiger partial charge in [0.25, 0.3) is 0 Å². The predicted octanol–water partition coefficient (Wildman–Crippen LogP) is 9.65. The summed E-state index contributed by atoms with van der Waals surface area (Å²) in [6.45, 7) is 0. The molecule has 5 nitrogen and oxygen atoms in total. The standard InChI is InChI=1S/C38H25N3O2/c1-3-11-24(12-4-1)29-23-30(25-13-5-2-6-14-25)40-38(39-29)28-17-9-18-31-37(28)43-34-20-10-19-33-36(34)41(31)32-21-26-15-7-8-16-27(26)22-35(32)42-33/h1-23,38-39H. The van der Waals surface area contributed by atoms with Crippen molar-refractivity contribution < 1.29 is 9.47 Å². The zero-order valence-electron chi connectivity index (χ0n) is 23.1. The number of para-hydroxylation sites is 2. The first kappa shape index (κ1) is 23.9. The molecule has 0 bridgehead atoms. The molecule has 1 atom stereocenters. The van der Waals surface area contributed by atoms with Crippen molar-refractivity contribution in [2.45, 2.75) is 6.17 Å². The molecule has 3 aliphatic heterocycles. The highest BCUT2D eigenvalue weighted by Crippen LogP contribution is 2.61. The van der Waals surface area contributed by atoms with Gasteiger partial charge in [-0.25, -0.2) is 0 Å². The summed E-state index contributed by atoms with van der Waals surface area (Å²) in [6.07, 6.45) is 1.76. The molecule has 204 valence electrons. The van der Waals surface area contributed by atoms with Gasteiger partial charge in [0.15, 0.2) is 23.0 Å². The van der Waals surface area contributed by atoms with Crippen molar-refractivity contribution in [2.24, 2.45) is 4.99 Å². The molecule has 3 heterocycles. The summed E-state index contributed by atoms with van der Waals surface area (Å²) in [5, 5.41) is 6.00. The Morgan fingerprint density at radius 3 is 2.05 bits per heavy atom. The number of nitrogens with zero attached hydrogens (tertiary/aromatic N) is 2. The molecule has 5 heteroatoms. The van der Waals surface area contributed by atoms with Crippen LogP contribution in [0.3, 0.4) is 0 Å². The van der Waals surface area contributed by atoms with Crippen LogP contribution in [0, 0.1) is 0 Å². The smallest absolute Gasteiger partial charge is 0.158 e. The van der Waals surface area contributed by atoms with Crippen molar-refractivity contribution in [1.29, 1.82) is 0 Å². The number of rotatable bonds is 3. The highest BCUT2D eigenvalue weighted by atomic mass is 16.5. The number of benzene rings is 6. The number of nitrogens with one attached hydrogen (secondary N) is 1. The summed E-state index contributed by atoms with van der Waals surface area (Å²) in [4.78, 5) is 7.51. The van der Waals surface area contributed by atoms with E-state index >= 15 is 0 Å². The maximum absolute atomic E-state index is 6.74. The second kappa shape index (κ2) is 9.36. The lowest BCUT2D eigenvalue weighted by Crippen LogP contribution is -2.26. The van der Waals surface area contributed by atoms with Crippen LogP contribution in [0.15, 0.2) is 145 Å². The van der Waals surface area contributed by atoms with E-state index in [-0.39, 0.29) is 6.17 Å². The Labute approximate surface area is 249 Å². The van der Waals surface area contributed by atoms with Crippen LogP contribution in [-0.2, 0) is 0 Å². The molecule has 0 saturated carbocycles. The molecule has 0 fully saturated rings. The third kappa shape index (κ3) is 3.82. The fraction of sp³-hybridized carbons (Fsp3) is 0.0263. The first-order valence-corrected chi connectivity index (χ1v) is 14.4. The van der Waals surface area contributed by atoms with Crippen LogP contribution < -0.4 is 19.7 Å². The molecule has 0 aliphatic carbocycles. The molecule has 0 radical (unpaired) electrons. The Morgan fingerprint density at radius 1 is 0.581 bits per heavy atom. The molecular formula is C38H25N3O2. The third-order valence-corrected chi connectivity index (χ3v) is 8.24. The lowest BCUT2D eigenvalue weighted by atomic mass is 9.99. The number of aliphatic imine (C=N–C) groups is 1. The number of hydrogen-bond donors (Lipinski definition) is 1. The molecule has 1 N–H and O–H groups in total. The van der Waals surface area contributed by atoms with Crippen molar-refractivity contribution in [3.63, 3.8) is 0 Å². The minimum Gasteiger partial charge on any atom is -0.453 e. The van der Waals surface area contributed by atoms with Crippen molar-refractivity contribution in [1.82, 2.24) is 5.32 Å². The van der Waals surface area contributed by atoms with Gasteiger partial charge in [0.2, 0.25) is 0 Å². The van der Waals surface area contributed by atoms with Gasteiger partial charge >= 0.3 is 0 Å². The monoisotopic (exact) mass is 555 g/mol. The van der Waals surface area contributed by atoms with Crippen molar-refractivity contribution in [2.75, 3.05) is 4.90 Å². The van der Waals surface area contributed by atoms with E-state index in [1.807, 2.05) is 42.5 Å². The van der Waals surface area contributed by atoms with E-state index in [1.165, 1.54) is 0 Å². The predicted molar refractivity (Wildman–Crippen MR) is 172 cm³/mol. The summed E-state index contributed by atoms with van der Waals surface area (Å²) in [6, 6.07) is 45.7. The first-order chi connectivity index (χ1) is 21.3. The summed E-state index contributed by atoms with van der Waals surface area (Å²) in [5.74, 6) is 3.11. The van der Waals surface area contributed by atoms with Gasteiger partial charge in [0, 0.05) is 11.3 Å². The molecule has 6 aromatic carbocycles. The molecule has 0 aromatic heterocycles. The van der Waals surface area contributed by atoms with Gasteiger partial charge in [-0.05, 0) is 58.3 Å². The lowest BCUT2D eigenvalue weighted by molar-refractivity contribution is 0.439. The minimum absolute atomic E-state index is 0.368. The Balaban J connectivity index is 1.23. The van der Waals surface area contributed by atoms with Crippen LogP contribution >= 0.6 is 0 Å². The van der Waals surface area contributed by atoms with Gasteiger partial charge in [-0.15, -0.1) is 0 Å². The van der Waals surface area contributed by atoms with E-state index in [0.717, 1.165) is 78.9 Å². The molecule has 1 unspecified atom stereocenters. The van der Waals surface area contributed by atoms with Crippen molar-refractivity contribution in [3.05, 3.63) is 156 Å². The number of hydrogen-bond acceptors (Lipinski definition) is 5. The largest absolute Gasteiger partial charge is 0.453 e. The Bertz CT molecular complexity index is 2120. The first-order valence-electron chi connectivity index (χ1n) is 14.4. The number of anilines is 3. The highest BCUT2D eigenvalue weighted by Gasteiger charge is 2.37. The fourth-order valence-corrected chi connectivity index (χ4v) is 6.23. The molecule has 0 saturated heterocycles. The second-order valence-corrected chi connectivity index (χ2v) is 10.9. The van der Waals surface area contributed by atoms with Crippen molar-refractivity contribution >= 4 is 39.2 Å². The zero-order valence-corrected chi connectivity index (χ0v) is 23.1. The van der Waals surface area contributed by atoms with Crippen molar-refractivity contribution in [3.8, 4) is 23.0 Å². The molecule has 3 aliphatic rings. The average molecular weight is 556 g/mol. The number of allylic oxidation sites excluding steroid dienone is 1. The van der Waals surface area contributed by atoms with Crippen LogP contribution in [0.1, 0.15) is 22.9 Å². The highest BCUT2D eigenvalue weighted by molar-refractivity contribution is 6.13. The Hall–Kier alpha value is -5.81. The summed E-state index contributed by atoms with van der Waals surface area (Å²) < 4.78 is 13.2. The maximum atomic E-state index is 6.74. The zero-order chi connectivity index (χ0) is 28.3. The second-order valence-electron chi connectivity index (χ2n) is 10.9. The average Bonchev–Trinajstić information content (AvgIpc) is 3.07. The van der Waals surface area contributed by atoms with Gasteiger partial charge in [-0.3, -0.25) is 9.89 Å². The van der Waals surface area contributed by atoms with Crippen LogP contribution in [0.5, 0.6) is 23.0 Å². The van der Waals surface area contributed by atoms with Crippen LogP contribution in [0.2, 0.25) is 0 Å². The van der Waals surface area contributed by atoms with E-state index in [1.54, 1.807) is 0 Å². The van der Waals surface area contributed by atoms with Gasteiger partial charge < -0.3 is 14.8 Å². The quantitative estimate of drug-likeness (QED) is 0.236. The maximum Gasteiger partial charge on any atom is 0.158 e. The Kier molecular flexibility index (Phi) is 5.19.